The summed E-state index contributed by atoms with van der Waals surface area (Å²) in [5, 5.41) is 9.49. The van der Waals surface area contributed by atoms with Gasteiger partial charge in [0.15, 0.2) is 0 Å². The maximum absolute atomic E-state index is 6.53. The quantitative estimate of drug-likeness (QED) is 0.169. The van der Waals surface area contributed by atoms with Gasteiger partial charge in [0.2, 0.25) is 0 Å². The van der Waals surface area contributed by atoms with Crippen LogP contribution in [0.3, 0.4) is 0 Å². The van der Waals surface area contributed by atoms with Crippen LogP contribution in [0.2, 0.25) is 0 Å². The van der Waals surface area contributed by atoms with Gasteiger partial charge in [0, 0.05) is 49.6 Å². The summed E-state index contributed by atoms with van der Waals surface area (Å²) < 4.78 is 8.91. The third-order valence-electron chi connectivity index (χ3n) is 12.0. The normalized spacial score (nSPS) is 11.7. The van der Waals surface area contributed by atoms with E-state index in [1.165, 1.54) is 43.7 Å². The van der Waals surface area contributed by atoms with Crippen molar-refractivity contribution in [2.45, 2.75) is 0 Å². The first kappa shape index (κ1) is 33.3. The van der Waals surface area contributed by atoms with Crippen LogP contribution >= 0.6 is 0 Å². The van der Waals surface area contributed by atoms with Gasteiger partial charge in [-0.05, 0) is 99.6 Å². The second-order valence-electron chi connectivity index (χ2n) is 15.3. The molecule has 0 saturated heterocycles. The van der Waals surface area contributed by atoms with Gasteiger partial charge in [-0.2, -0.15) is 0 Å². The van der Waals surface area contributed by atoms with Crippen molar-refractivity contribution in [2.24, 2.45) is 0 Å². The number of para-hydroxylation sites is 4. The van der Waals surface area contributed by atoms with Gasteiger partial charge in [0.05, 0.1) is 16.7 Å². The molecule has 0 saturated carbocycles. The average molecular weight is 753 g/mol. The van der Waals surface area contributed by atoms with E-state index in [9.17, 15) is 0 Å². The molecule has 59 heavy (non-hydrogen) atoms. The molecular formula is C56H36N2O. The highest BCUT2D eigenvalue weighted by Gasteiger charge is 2.22. The topological polar surface area (TPSA) is 21.3 Å². The predicted octanol–water partition coefficient (Wildman–Crippen LogP) is 15.8. The van der Waals surface area contributed by atoms with E-state index in [2.05, 4.69) is 222 Å². The van der Waals surface area contributed by atoms with Crippen molar-refractivity contribution in [3.05, 3.63) is 218 Å². The van der Waals surface area contributed by atoms with E-state index in [1.54, 1.807) is 0 Å². The van der Waals surface area contributed by atoms with Crippen LogP contribution in [0.1, 0.15) is 0 Å². The number of furan rings is 1. The van der Waals surface area contributed by atoms with Gasteiger partial charge in [-0.3, -0.25) is 0 Å². The summed E-state index contributed by atoms with van der Waals surface area (Å²) in [5.74, 6) is 0. The minimum absolute atomic E-state index is 0.898. The maximum atomic E-state index is 6.53. The fourth-order valence-electron chi connectivity index (χ4n) is 9.31. The molecule has 3 nitrogen and oxygen atoms in total. The number of hydrogen-bond acceptors (Lipinski definition) is 2. The molecule has 12 aromatic rings. The molecule has 276 valence electrons. The molecule has 12 rings (SSSR count). The highest BCUT2D eigenvalue weighted by molar-refractivity contribution is 6.20. The highest BCUT2D eigenvalue weighted by atomic mass is 16.3. The number of rotatable bonds is 6. The molecule has 0 aliphatic rings. The monoisotopic (exact) mass is 752 g/mol. The molecule has 0 radical (unpaired) electrons. The molecule has 2 aromatic heterocycles. The average Bonchev–Trinajstić information content (AvgIpc) is 3.86. The van der Waals surface area contributed by atoms with E-state index in [4.69, 9.17) is 4.42 Å². The molecule has 0 fully saturated rings. The first-order valence-electron chi connectivity index (χ1n) is 20.2. The van der Waals surface area contributed by atoms with Crippen LogP contribution in [0.4, 0.5) is 17.1 Å². The molecule has 0 aliphatic carbocycles. The van der Waals surface area contributed by atoms with Crippen LogP contribution in [0.5, 0.6) is 0 Å². The lowest BCUT2D eigenvalue weighted by Crippen LogP contribution is -2.11. The zero-order chi connectivity index (χ0) is 38.9. The fraction of sp³-hybridized carbons (Fsp3) is 0. The second kappa shape index (κ2) is 13.4. The van der Waals surface area contributed by atoms with E-state index < -0.39 is 0 Å². The molecule has 2 heterocycles. The Labute approximate surface area is 341 Å². The van der Waals surface area contributed by atoms with Crippen molar-refractivity contribution in [3.63, 3.8) is 0 Å². The maximum Gasteiger partial charge on any atom is 0.143 e. The van der Waals surface area contributed by atoms with Crippen LogP contribution in [0.25, 0.3) is 93.2 Å². The number of hydrogen-bond donors (Lipinski definition) is 0. The van der Waals surface area contributed by atoms with Crippen molar-refractivity contribution in [1.82, 2.24) is 4.57 Å². The van der Waals surface area contributed by atoms with Crippen LogP contribution in [-0.2, 0) is 0 Å². The third kappa shape index (κ3) is 5.29. The summed E-state index contributed by atoms with van der Waals surface area (Å²) >= 11 is 0. The predicted molar refractivity (Wildman–Crippen MR) is 249 cm³/mol. The SMILES string of the molecule is c1ccc(N(c2ccc(-c3cccc4ccccc34)cc2)c2ccc(-n3c4ccccc4c4ccccc43)cc2)c(-c2cc3c4ccccc4oc3c3ccccc23)c1. The van der Waals surface area contributed by atoms with Gasteiger partial charge in [-0.15, -0.1) is 0 Å². The first-order chi connectivity index (χ1) is 29.3. The molecule has 0 unspecified atom stereocenters. The Kier molecular flexibility index (Phi) is 7.54. The molecule has 0 amide bonds. The van der Waals surface area contributed by atoms with Gasteiger partial charge in [0.25, 0.3) is 0 Å². The Morgan fingerprint density at radius 2 is 0.898 bits per heavy atom. The Morgan fingerprint density at radius 3 is 1.64 bits per heavy atom. The summed E-state index contributed by atoms with van der Waals surface area (Å²) in [7, 11) is 0. The van der Waals surface area contributed by atoms with E-state index in [1.807, 2.05) is 6.07 Å². The molecule has 10 aromatic carbocycles. The second-order valence-corrected chi connectivity index (χ2v) is 15.3. The summed E-state index contributed by atoms with van der Waals surface area (Å²) in [5.41, 5.74) is 13.3. The first-order valence-corrected chi connectivity index (χ1v) is 20.2. The van der Waals surface area contributed by atoms with E-state index >= 15 is 0 Å². The highest BCUT2D eigenvalue weighted by Crippen LogP contribution is 2.46. The lowest BCUT2D eigenvalue weighted by molar-refractivity contribution is 0.672. The van der Waals surface area contributed by atoms with Gasteiger partial charge < -0.3 is 13.9 Å². The largest absolute Gasteiger partial charge is 0.455 e. The minimum atomic E-state index is 0.898. The fourth-order valence-corrected chi connectivity index (χ4v) is 9.31. The summed E-state index contributed by atoms with van der Waals surface area (Å²) in [4.78, 5) is 2.41. The summed E-state index contributed by atoms with van der Waals surface area (Å²) in [6.45, 7) is 0. The van der Waals surface area contributed by atoms with Crippen molar-refractivity contribution in [3.8, 4) is 27.9 Å². The van der Waals surface area contributed by atoms with Crippen molar-refractivity contribution in [1.29, 1.82) is 0 Å². The zero-order valence-electron chi connectivity index (χ0n) is 32.1. The van der Waals surface area contributed by atoms with Crippen LogP contribution < -0.4 is 4.90 Å². The molecule has 0 aliphatic heterocycles. The molecular weight excluding hydrogens is 717 g/mol. The third-order valence-corrected chi connectivity index (χ3v) is 12.0. The lowest BCUT2D eigenvalue weighted by atomic mass is 9.93. The Morgan fingerprint density at radius 1 is 0.356 bits per heavy atom. The number of benzene rings is 10. The van der Waals surface area contributed by atoms with E-state index in [0.717, 1.165) is 66.6 Å². The van der Waals surface area contributed by atoms with Crippen LogP contribution in [0.15, 0.2) is 223 Å². The Hall–Kier alpha value is -7.88. The van der Waals surface area contributed by atoms with E-state index in [-0.39, 0.29) is 0 Å². The van der Waals surface area contributed by atoms with Crippen molar-refractivity contribution >= 4 is 82.4 Å². The number of aromatic nitrogens is 1. The van der Waals surface area contributed by atoms with Gasteiger partial charge in [0.1, 0.15) is 11.2 Å². The number of nitrogens with zero attached hydrogens (tertiary/aromatic N) is 2. The Bertz CT molecular complexity index is 3500. The summed E-state index contributed by atoms with van der Waals surface area (Å²) in [6, 6.07) is 78.8. The van der Waals surface area contributed by atoms with Crippen LogP contribution in [-0.4, -0.2) is 4.57 Å². The zero-order valence-corrected chi connectivity index (χ0v) is 32.1. The van der Waals surface area contributed by atoms with Crippen molar-refractivity contribution in [2.75, 3.05) is 4.90 Å². The smallest absolute Gasteiger partial charge is 0.143 e. The van der Waals surface area contributed by atoms with Crippen LogP contribution in [0, 0.1) is 0 Å². The Balaban J connectivity index is 1.06. The number of fused-ring (bicyclic) bond motifs is 9. The van der Waals surface area contributed by atoms with E-state index in [0.29, 0.717) is 0 Å². The molecule has 0 N–H and O–H groups in total. The molecule has 3 heteroatoms. The lowest BCUT2D eigenvalue weighted by Gasteiger charge is -2.28. The van der Waals surface area contributed by atoms with Gasteiger partial charge in [-0.1, -0.05) is 152 Å². The van der Waals surface area contributed by atoms with Gasteiger partial charge in [-0.25, -0.2) is 0 Å². The van der Waals surface area contributed by atoms with Crippen molar-refractivity contribution < 1.29 is 4.42 Å². The number of anilines is 3. The summed E-state index contributed by atoms with van der Waals surface area (Å²) in [6.07, 6.45) is 0. The minimum Gasteiger partial charge on any atom is -0.455 e. The molecule has 0 atom stereocenters. The standard InChI is InChI=1S/C56H36N2O/c1-2-16-42-37(14-1)15-13-23-43(42)38-28-30-39(31-29-38)57(40-32-34-41(35-33-40)58-53-25-10-5-18-45(53)46-19-6-11-26-54(46)58)52-24-9-7-20-47(52)50-36-51-48-21-8-12-27-55(48)59-56(51)49-22-4-3-17-44(49)50/h1-36H. The van der Waals surface area contributed by atoms with Gasteiger partial charge >= 0.3 is 0 Å². The molecule has 0 bridgehead atoms. The molecule has 0 spiro atoms.